The summed E-state index contributed by atoms with van der Waals surface area (Å²) in [6.07, 6.45) is 2.17. The number of ether oxygens (including phenoxy) is 3. The summed E-state index contributed by atoms with van der Waals surface area (Å²) in [6, 6.07) is 6.34. The summed E-state index contributed by atoms with van der Waals surface area (Å²) in [5, 5.41) is 3.44. The molecule has 1 N–H and O–H groups in total. The Kier molecular flexibility index (Phi) is 6.33. The molecular weight excluding hydrogens is 266 g/mol. The molecule has 1 unspecified atom stereocenters. The first-order chi connectivity index (χ1) is 10.2. The van der Waals surface area contributed by atoms with Crippen molar-refractivity contribution in [3.63, 3.8) is 0 Å². The van der Waals surface area contributed by atoms with Crippen molar-refractivity contribution < 1.29 is 14.2 Å². The summed E-state index contributed by atoms with van der Waals surface area (Å²) in [5.41, 5.74) is 1.18. The molecule has 4 heteroatoms. The van der Waals surface area contributed by atoms with Gasteiger partial charge in [-0.1, -0.05) is 13.0 Å². The first-order valence-electron chi connectivity index (χ1n) is 7.86. The molecule has 0 spiro atoms. The van der Waals surface area contributed by atoms with Crippen LogP contribution < -0.4 is 14.8 Å². The molecule has 1 aromatic carbocycles. The van der Waals surface area contributed by atoms with E-state index in [1.54, 1.807) is 7.11 Å². The lowest BCUT2D eigenvalue weighted by atomic mass is 10.0. The number of nitrogens with one attached hydrogen (secondary N) is 1. The van der Waals surface area contributed by atoms with Gasteiger partial charge in [-0.2, -0.15) is 0 Å². The fourth-order valence-corrected chi connectivity index (χ4v) is 2.66. The fourth-order valence-electron chi connectivity index (χ4n) is 2.66. The van der Waals surface area contributed by atoms with Crippen LogP contribution in [0.5, 0.6) is 11.5 Å². The molecule has 1 saturated heterocycles. The molecule has 0 saturated carbocycles. The molecule has 1 aliphatic rings. The first kappa shape index (κ1) is 16.1. The monoisotopic (exact) mass is 293 g/mol. The summed E-state index contributed by atoms with van der Waals surface area (Å²) in [6.45, 7) is 7.67. The average Bonchev–Trinajstić information content (AvgIpc) is 2.53. The van der Waals surface area contributed by atoms with Crippen molar-refractivity contribution in [1.82, 2.24) is 5.32 Å². The molecule has 0 amide bonds. The SMILES string of the molecule is CCNC(C)c1ccc(OC)cc1OCC1CCOCC1. The van der Waals surface area contributed by atoms with Gasteiger partial charge in [0.2, 0.25) is 0 Å². The third-order valence-corrected chi connectivity index (χ3v) is 4.01. The van der Waals surface area contributed by atoms with Crippen LogP contribution >= 0.6 is 0 Å². The molecule has 2 rings (SSSR count). The lowest BCUT2D eigenvalue weighted by molar-refractivity contribution is 0.0495. The predicted molar refractivity (Wildman–Crippen MR) is 84.1 cm³/mol. The van der Waals surface area contributed by atoms with Crippen LogP contribution in [0.4, 0.5) is 0 Å². The Hall–Kier alpha value is -1.26. The van der Waals surface area contributed by atoms with E-state index in [1.165, 1.54) is 5.56 Å². The van der Waals surface area contributed by atoms with Crippen LogP contribution in [-0.4, -0.2) is 33.5 Å². The maximum Gasteiger partial charge on any atom is 0.127 e. The Morgan fingerprint density at radius 1 is 1.33 bits per heavy atom. The Bertz CT molecular complexity index is 430. The van der Waals surface area contributed by atoms with Gasteiger partial charge in [0.15, 0.2) is 0 Å². The number of hydrogen-bond acceptors (Lipinski definition) is 4. The molecule has 0 aromatic heterocycles. The number of rotatable bonds is 7. The van der Waals surface area contributed by atoms with Crippen LogP contribution in [0, 0.1) is 5.92 Å². The number of hydrogen-bond donors (Lipinski definition) is 1. The van der Waals surface area contributed by atoms with Crippen LogP contribution in [0.1, 0.15) is 38.3 Å². The van der Waals surface area contributed by atoms with Crippen LogP contribution in [0.2, 0.25) is 0 Å². The van der Waals surface area contributed by atoms with Gasteiger partial charge in [0.25, 0.3) is 0 Å². The molecule has 21 heavy (non-hydrogen) atoms. The largest absolute Gasteiger partial charge is 0.497 e. The van der Waals surface area contributed by atoms with Crippen molar-refractivity contribution >= 4 is 0 Å². The second-order valence-electron chi connectivity index (χ2n) is 5.55. The van der Waals surface area contributed by atoms with Crippen molar-refractivity contribution in [2.75, 3.05) is 33.5 Å². The van der Waals surface area contributed by atoms with Crippen molar-refractivity contribution in [3.05, 3.63) is 23.8 Å². The normalized spacial score (nSPS) is 17.5. The van der Waals surface area contributed by atoms with Crippen LogP contribution in [0.25, 0.3) is 0 Å². The Labute approximate surface area is 127 Å². The summed E-state index contributed by atoms with van der Waals surface area (Å²) in [7, 11) is 1.69. The second-order valence-corrected chi connectivity index (χ2v) is 5.55. The van der Waals surface area contributed by atoms with Gasteiger partial charge >= 0.3 is 0 Å². The van der Waals surface area contributed by atoms with Gasteiger partial charge in [0.05, 0.1) is 13.7 Å². The van der Waals surface area contributed by atoms with Crippen molar-refractivity contribution in [2.24, 2.45) is 5.92 Å². The van der Waals surface area contributed by atoms with Gasteiger partial charge in [0.1, 0.15) is 11.5 Å². The van der Waals surface area contributed by atoms with Crippen LogP contribution in [0.3, 0.4) is 0 Å². The predicted octanol–water partition coefficient (Wildman–Crippen LogP) is 3.17. The molecule has 4 nitrogen and oxygen atoms in total. The summed E-state index contributed by atoms with van der Waals surface area (Å²) >= 11 is 0. The van der Waals surface area contributed by atoms with E-state index in [4.69, 9.17) is 14.2 Å². The van der Waals surface area contributed by atoms with Gasteiger partial charge in [-0.3, -0.25) is 0 Å². The molecule has 1 aromatic rings. The minimum Gasteiger partial charge on any atom is -0.497 e. The molecular formula is C17H27NO3. The molecule has 118 valence electrons. The highest BCUT2D eigenvalue weighted by Crippen LogP contribution is 2.30. The third kappa shape index (κ3) is 4.61. The van der Waals surface area contributed by atoms with Crippen molar-refractivity contribution in [2.45, 2.75) is 32.7 Å². The zero-order chi connectivity index (χ0) is 15.1. The first-order valence-corrected chi connectivity index (χ1v) is 7.86. The maximum atomic E-state index is 6.11. The number of benzene rings is 1. The molecule has 0 bridgehead atoms. The minimum atomic E-state index is 0.269. The van der Waals surface area contributed by atoms with E-state index in [2.05, 4.69) is 25.2 Å². The summed E-state index contributed by atoms with van der Waals surface area (Å²) < 4.78 is 16.8. The van der Waals surface area contributed by atoms with E-state index in [1.807, 2.05) is 12.1 Å². The molecule has 0 radical (unpaired) electrons. The highest BCUT2D eigenvalue weighted by Gasteiger charge is 2.17. The second kappa shape index (κ2) is 8.25. The topological polar surface area (TPSA) is 39.7 Å². The Morgan fingerprint density at radius 2 is 2.10 bits per heavy atom. The van der Waals surface area contributed by atoms with Crippen molar-refractivity contribution in [3.8, 4) is 11.5 Å². The molecule has 1 atom stereocenters. The molecule has 0 aliphatic carbocycles. The van der Waals surface area contributed by atoms with E-state index >= 15 is 0 Å². The average molecular weight is 293 g/mol. The lowest BCUT2D eigenvalue weighted by Crippen LogP contribution is -2.23. The summed E-state index contributed by atoms with van der Waals surface area (Å²) in [4.78, 5) is 0. The lowest BCUT2D eigenvalue weighted by Gasteiger charge is -2.24. The zero-order valence-electron chi connectivity index (χ0n) is 13.4. The highest BCUT2D eigenvalue weighted by atomic mass is 16.5. The summed E-state index contributed by atoms with van der Waals surface area (Å²) in [5.74, 6) is 2.35. The Balaban J connectivity index is 2.06. The van der Waals surface area contributed by atoms with E-state index in [9.17, 15) is 0 Å². The smallest absolute Gasteiger partial charge is 0.127 e. The van der Waals surface area contributed by atoms with Gasteiger partial charge in [-0.05, 0) is 38.3 Å². The molecule has 1 fully saturated rings. The highest BCUT2D eigenvalue weighted by molar-refractivity contribution is 5.42. The van der Waals surface area contributed by atoms with Gasteiger partial charge < -0.3 is 19.5 Å². The maximum absolute atomic E-state index is 6.11. The third-order valence-electron chi connectivity index (χ3n) is 4.01. The Morgan fingerprint density at radius 3 is 2.76 bits per heavy atom. The molecule has 1 heterocycles. The fraction of sp³-hybridized carbons (Fsp3) is 0.647. The van der Waals surface area contributed by atoms with E-state index < -0.39 is 0 Å². The number of methoxy groups -OCH3 is 1. The van der Waals surface area contributed by atoms with Crippen LogP contribution in [-0.2, 0) is 4.74 Å². The van der Waals surface area contributed by atoms with Gasteiger partial charge in [-0.15, -0.1) is 0 Å². The minimum absolute atomic E-state index is 0.269. The van der Waals surface area contributed by atoms with E-state index in [0.29, 0.717) is 5.92 Å². The zero-order valence-corrected chi connectivity index (χ0v) is 13.4. The van der Waals surface area contributed by atoms with E-state index in [0.717, 1.165) is 50.7 Å². The van der Waals surface area contributed by atoms with Gasteiger partial charge in [-0.25, -0.2) is 0 Å². The molecule has 1 aliphatic heterocycles. The van der Waals surface area contributed by atoms with Crippen LogP contribution in [0.15, 0.2) is 18.2 Å². The standard InChI is InChI=1S/C17H27NO3/c1-4-18-13(2)16-6-5-15(19-3)11-17(16)21-12-14-7-9-20-10-8-14/h5-6,11,13-14,18H,4,7-10,12H2,1-3H3. The van der Waals surface area contributed by atoms with Crippen molar-refractivity contribution in [1.29, 1.82) is 0 Å². The van der Waals surface area contributed by atoms with Gasteiger partial charge in [0, 0.05) is 30.9 Å². The quantitative estimate of drug-likeness (QED) is 0.838. The van der Waals surface area contributed by atoms with E-state index in [-0.39, 0.29) is 6.04 Å².